The molecule has 120 valence electrons. The van der Waals surface area contributed by atoms with Crippen molar-refractivity contribution in [2.75, 3.05) is 25.0 Å². The Morgan fingerprint density at radius 3 is 2.77 bits per heavy atom. The lowest BCUT2D eigenvalue weighted by atomic mass is 9.87. The minimum atomic E-state index is -0.321. The summed E-state index contributed by atoms with van der Waals surface area (Å²) in [5.74, 6) is 0.0393. The van der Waals surface area contributed by atoms with E-state index in [0.29, 0.717) is 31.6 Å². The van der Waals surface area contributed by atoms with Gasteiger partial charge in [0.25, 0.3) is 5.91 Å². The fraction of sp³-hybridized carbons (Fsp3) is 0.500. The van der Waals surface area contributed by atoms with Crippen molar-refractivity contribution in [3.8, 4) is 0 Å². The smallest absolute Gasteiger partial charge is 0.253 e. The maximum atomic E-state index is 12.7. The van der Waals surface area contributed by atoms with E-state index in [-0.39, 0.29) is 17.4 Å². The Balaban J connectivity index is 2.08. The molecule has 1 aromatic rings. The average molecular weight is 302 g/mol. The summed E-state index contributed by atoms with van der Waals surface area (Å²) >= 11 is 0. The third-order valence-electron chi connectivity index (χ3n) is 4.01. The molecular weight excluding hydrogens is 276 g/mol. The van der Waals surface area contributed by atoms with Gasteiger partial charge < -0.3 is 15.3 Å². The Morgan fingerprint density at radius 1 is 1.45 bits per heavy atom. The fourth-order valence-electron chi connectivity index (χ4n) is 2.98. The third kappa shape index (κ3) is 4.34. The molecule has 4 heteroatoms. The molecular formula is C18H26N2O2. The summed E-state index contributed by atoms with van der Waals surface area (Å²) in [5.41, 5.74) is 1.61. The van der Waals surface area contributed by atoms with Crippen LogP contribution in [0.5, 0.6) is 0 Å². The Morgan fingerprint density at radius 2 is 2.14 bits per heavy atom. The van der Waals surface area contributed by atoms with E-state index in [2.05, 4.69) is 25.7 Å². The topological polar surface area (TPSA) is 52.6 Å². The van der Waals surface area contributed by atoms with E-state index in [0.717, 1.165) is 12.1 Å². The molecule has 0 bridgehead atoms. The molecule has 4 nitrogen and oxygen atoms in total. The first-order chi connectivity index (χ1) is 10.4. The van der Waals surface area contributed by atoms with Crippen LogP contribution in [0.3, 0.4) is 0 Å². The highest BCUT2D eigenvalue weighted by atomic mass is 16.3. The highest BCUT2D eigenvalue weighted by Gasteiger charge is 2.31. The maximum Gasteiger partial charge on any atom is 0.253 e. The summed E-state index contributed by atoms with van der Waals surface area (Å²) < 4.78 is 0. The lowest BCUT2D eigenvalue weighted by Gasteiger charge is -2.29. The van der Waals surface area contributed by atoms with Crippen molar-refractivity contribution in [1.82, 2.24) is 4.90 Å². The Labute approximate surface area is 132 Å². The van der Waals surface area contributed by atoms with Crippen LogP contribution in [0, 0.1) is 5.41 Å². The minimum absolute atomic E-state index is 0.0393. The SMILES string of the molecule is C=CCNc1ccc(C(=O)N2CC[C@@H](O)CC(C)(C)C2)cc1. The summed E-state index contributed by atoms with van der Waals surface area (Å²) in [6.07, 6.45) is 2.86. The molecule has 1 aliphatic heterocycles. The molecule has 1 saturated heterocycles. The second-order valence-corrected chi connectivity index (χ2v) is 6.78. The van der Waals surface area contributed by atoms with Gasteiger partial charge >= 0.3 is 0 Å². The number of carbonyl (C=O) groups is 1. The number of aliphatic hydroxyl groups excluding tert-OH is 1. The molecule has 0 aliphatic carbocycles. The van der Waals surface area contributed by atoms with Crippen molar-refractivity contribution in [3.63, 3.8) is 0 Å². The number of anilines is 1. The standard InChI is InChI=1S/C18H26N2O2/c1-4-10-19-15-7-5-14(6-8-15)17(22)20-11-9-16(21)12-18(2,3)13-20/h4-8,16,19,21H,1,9-13H2,2-3H3/t16-/m1/s1. The van der Waals surface area contributed by atoms with E-state index in [1.165, 1.54) is 0 Å². The molecule has 1 atom stereocenters. The van der Waals surface area contributed by atoms with Gasteiger partial charge in [-0.1, -0.05) is 19.9 Å². The number of nitrogens with one attached hydrogen (secondary N) is 1. The second kappa shape index (κ2) is 6.97. The number of nitrogens with zero attached hydrogens (tertiary/aromatic N) is 1. The molecule has 1 amide bonds. The van der Waals surface area contributed by atoms with Crippen LogP contribution < -0.4 is 5.32 Å². The summed E-state index contributed by atoms with van der Waals surface area (Å²) in [6.45, 7) is 9.86. The van der Waals surface area contributed by atoms with E-state index in [1.807, 2.05) is 29.2 Å². The molecule has 2 N–H and O–H groups in total. The predicted molar refractivity (Wildman–Crippen MR) is 90.1 cm³/mol. The van der Waals surface area contributed by atoms with Crippen LogP contribution >= 0.6 is 0 Å². The molecule has 0 spiro atoms. The normalized spacial score (nSPS) is 21.0. The first-order valence-corrected chi connectivity index (χ1v) is 7.83. The lowest BCUT2D eigenvalue weighted by molar-refractivity contribution is 0.0705. The van der Waals surface area contributed by atoms with Gasteiger partial charge in [-0.25, -0.2) is 0 Å². The van der Waals surface area contributed by atoms with E-state index in [9.17, 15) is 9.90 Å². The number of hydrogen-bond donors (Lipinski definition) is 2. The van der Waals surface area contributed by atoms with E-state index in [4.69, 9.17) is 0 Å². The summed E-state index contributed by atoms with van der Waals surface area (Å²) in [5, 5.41) is 13.2. The number of amides is 1. The summed E-state index contributed by atoms with van der Waals surface area (Å²) in [7, 11) is 0. The van der Waals surface area contributed by atoms with Crippen LogP contribution in [0.4, 0.5) is 5.69 Å². The molecule has 0 unspecified atom stereocenters. The molecule has 1 fully saturated rings. The van der Waals surface area contributed by atoms with Gasteiger partial charge in [-0.05, 0) is 42.5 Å². The van der Waals surface area contributed by atoms with Gasteiger partial charge in [-0.15, -0.1) is 6.58 Å². The number of hydrogen-bond acceptors (Lipinski definition) is 3. The van der Waals surface area contributed by atoms with Gasteiger partial charge in [0, 0.05) is 30.9 Å². The molecule has 1 aromatic carbocycles. The van der Waals surface area contributed by atoms with Crippen LogP contribution in [0.1, 0.15) is 37.0 Å². The van der Waals surface area contributed by atoms with Gasteiger partial charge in [-0.2, -0.15) is 0 Å². The van der Waals surface area contributed by atoms with Crippen molar-refractivity contribution in [2.45, 2.75) is 32.8 Å². The Hall–Kier alpha value is -1.81. The van der Waals surface area contributed by atoms with Crippen LogP contribution in [-0.2, 0) is 0 Å². The van der Waals surface area contributed by atoms with Crippen molar-refractivity contribution >= 4 is 11.6 Å². The quantitative estimate of drug-likeness (QED) is 0.841. The maximum absolute atomic E-state index is 12.7. The van der Waals surface area contributed by atoms with Crippen LogP contribution in [0.2, 0.25) is 0 Å². The molecule has 0 radical (unpaired) electrons. The molecule has 2 rings (SSSR count). The highest BCUT2D eigenvalue weighted by molar-refractivity contribution is 5.94. The van der Waals surface area contributed by atoms with Crippen LogP contribution in [-0.4, -0.2) is 41.7 Å². The van der Waals surface area contributed by atoms with E-state index < -0.39 is 0 Å². The van der Waals surface area contributed by atoms with Gasteiger partial charge in [0.05, 0.1) is 6.10 Å². The fourth-order valence-corrected chi connectivity index (χ4v) is 2.98. The Bertz CT molecular complexity index is 522. The molecule has 0 aromatic heterocycles. The van der Waals surface area contributed by atoms with Crippen molar-refractivity contribution < 1.29 is 9.90 Å². The number of likely N-dealkylation sites (tertiary alicyclic amines) is 1. The largest absolute Gasteiger partial charge is 0.393 e. The monoisotopic (exact) mass is 302 g/mol. The summed E-state index contributed by atoms with van der Waals surface area (Å²) in [6, 6.07) is 7.52. The zero-order valence-electron chi connectivity index (χ0n) is 13.5. The zero-order chi connectivity index (χ0) is 16.2. The second-order valence-electron chi connectivity index (χ2n) is 6.78. The van der Waals surface area contributed by atoms with Crippen LogP contribution in [0.25, 0.3) is 0 Å². The van der Waals surface area contributed by atoms with Gasteiger partial charge in [-0.3, -0.25) is 4.79 Å². The molecule has 0 saturated carbocycles. The number of benzene rings is 1. The van der Waals surface area contributed by atoms with Gasteiger partial charge in [0.15, 0.2) is 0 Å². The Kier molecular flexibility index (Phi) is 5.24. The number of aliphatic hydroxyl groups is 1. The van der Waals surface area contributed by atoms with Crippen LogP contribution in [0.15, 0.2) is 36.9 Å². The van der Waals surface area contributed by atoms with Crippen molar-refractivity contribution in [1.29, 1.82) is 0 Å². The predicted octanol–water partition coefficient (Wildman–Crippen LogP) is 2.91. The number of carbonyl (C=O) groups excluding carboxylic acids is 1. The van der Waals surface area contributed by atoms with Crippen molar-refractivity contribution in [2.24, 2.45) is 5.41 Å². The van der Waals surface area contributed by atoms with E-state index in [1.54, 1.807) is 6.08 Å². The third-order valence-corrected chi connectivity index (χ3v) is 4.01. The summed E-state index contributed by atoms with van der Waals surface area (Å²) in [4.78, 5) is 14.5. The first-order valence-electron chi connectivity index (χ1n) is 7.83. The highest BCUT2D eigenvalue weighted by Crippen LogP contribution is 2.29. The lowest BCUT2D eigenvalue weighted by Crippen LogP contribution is -2.37. The molecule has 1 aliphatic rings. The van der Waals surface area contributed by atoms with Gasteiger partial charge in [0.2, 0.25) is 0 Å². The average Bonchev–Trinajstić information content (AvgIpc) is 2.62. The molecule has 1 heterocycles. The molecule has 22 heavy (non-hydrogen) atoms. The van der Waals surface area contributed by atoms with Crippen molar-refractivity contribution in [3.05, 3.63) is 42.5 Å². The van der Waals surface area contributed by atoms with E-state index >= 15 is 0 Å². The number of rotatable bonds is 4. The van der Waals surface area contributed by atoms with Gasteiger partial charge in [0.1, 0.15) is 0 Å². The first kappa shape index (κ1) is 16.6. The zero-order valence-corrected chi connectivity index (χ0v) is 13.5. The minimum Gasteiger partial charge on any atom is -0.393 e.